The Morgan fingerprint density at radius 3 is 2.74 bits per heavy atom. The Bertz CT molecular complexity index is 1550. The molecule has 0 radical (unpaired) electrons. The summed E-state index contributed by atoms with van der Waals surface area (Å²) in [5.74, 6) is 0.508. The zero-order valence-corrected chi connectivity index (χ0v) is 21.2. The first kappa shape index (κ1) is 24.5. The van der Waals surface area contributed by atoms with Gasteiger partial charge in [0.25, 0.3) is 0 Å². The number of rotatable bonds is 8. The molecule has 38 heavy (non-hydrogen) atoms. The minimum absolute atomic E-state index is 0.204. The van der Waals surface area contributed by atoms with Gasteiger partial charge in [0.05, 0.1) is 24.9 Å². The number of β-amino-alcohol motifs (C(OH)–C–C–N with tert-alkyl or cyclic N) is 1. The third-order valence-corrected chi connectivity index (χ3v) is 7.15. The van der Waals surface area contributed by atoms with Crippen molar-refractivity contribution in [1.29, 1.82) is 0 Å². The number of nitrogens with zero attached hydrogens (tertiary/aromatic N) is 7. The highest BCUT2D eigenvalue weighted by molar-refractivity contribution is 5.85. The van der Waals surface area contributed by atoms with Crippen LogP contribution in [0.3, 0.4) is 0 Å². The van der Waals surface area contributed by atoms with Gasteiger partial charge in [-0.05, 0) is 67.0 Å². The lowest BCUT2D eigenvalue weighted by molar-refractivity contribution is 0.196. The van der Waals surface area contributed by atoms with Crippen molar-refractivity contribution in [3.8, 4) is 0 Å². The number of hydrogen-bond donors (Lipinski definition) is 2. The van der Waals surface area contributed by atoms with Gasteiger partial charge in [0.15, 0.2) is 5.82 Å². The van der Waals surface area contributed by atoms with Crippen LogP contribution >= 0.6 is 0 Å². The molecule has 9 nitrogen and oxygen atoms in total. The third-order valence-electron chi connectivity index (χ3n) is 7.15. The first-order chi connectivity index (χ1) is 18.7. The van der Waals surface area contributed by atoms with Crippen LogP contribution in [0.25, 0.3) is 16.4 Å². The van der Waals surface area contributed by atoms with Gasteiger partial charge in [0.1, 0.15) is 17.7 Å². The van der Waals surface area contributed by atoms with E-state index in [-0.39, 0.29) is 12.4 Å². The van der Waals surface area contributed by atoms with Gasteiger partial charge in [0, 0.05) is 43.4 Å². The predicted molar refractivity (Wildman–Crippen MR) is 145 cm³/mol. The molecule has 1 aliphatic rings. The highest BCUT2D eigenvalue weighted by atomic mass is 19.1. The minimum atomic E-state index is -0.245. The van der Waals surface area contributed by atoms with E-state index in [1.54, 1.807) is 12.4 Å². The van der Waals surface area contributed by atoms with Crippen molar-refractivity contribution in [3.63, 3.8) is 0 Å². The van der Waals surface area contributed by atoms with Crippen LogP contribution in [0, 0.1) is 5.82 Å². The van der Waals surface area contributed by atoms with E-state index in [1.807, 2.05) is 39.8 Å². The summed E-state index contributed by atoms with van der Waals surface area (Å²) in [6.45, 7) is 6.22. The summed E-state index contributed by atoms with van der Waals surface area (Å²) in [6.07, 6.45) is 6.46. The molecule has 3 aromatic heterocycles. The van der Waals surface area contributed by atoms with Crippen LogP contribution in [0.5, 0.6) is 0 Å². The number of anilines is 2. The number of aliphatic hydroxyl groups excluding tert-OH is 1. The van der Waals surface area contributed by atoms with E-state index in [9.17, 15) is 9.50 Å². The van der Waals surface area contributed by atoms with Gasteiger partial charge in [-0.2, -0.15) is 10.2 Å². The minimum Gasteiger partial charge on any atom is -0.395 e. The lowest BCUT2D eigenvalue weighted by atomic mass is 10.2. The van der Waals surface area contributed by atoms with Crippen molar-refractivity contribution >= 4 is 27.9 Å². The third kappa shape index (κ3) is 5.24. The van der Waals surface area contributed by atoms with Crippen molar-refractivity contribution in [2.45, 2.75) is 19.5 Å². The molecule has 4 heterocycles. The normalized spacial score (nSPS) is 15.3. The van der Waals surface area contributed by atoms with Gasteiger partial charge >= 0.3 is 0 Å². The fourth-order valence-electron chi connectivity index (χ4n) is 5.26. The van der Waals surface area contributed by atoms with E-state index in [4.69, 9.17) is 0 Å². The maximum absolute atomic E-state index is 13.6. The van der Waals surface area contributed by atoms with E-state index in [2.05, 4.69) is 42.4 Å². The lowest BCUT2D eigenvalue weighted by Gasteiger charge is -2.21. The summed E-state index contributed by atoms with van der Waals surface area (Å²) in [6, 6.07) is 14.8. The standard InChI is InChI=1S/C28H31FN8O/c29-24-4-1-3-21(15-24)18-37-26-6-5-25(16-23(26)17-31-37)33-28-27-22(7-10-36(27)32-20-30-28)19-35-9-2-8-34(11-12-35)13-14-38/h1,3-7,10,15-17,20,38H,2,8-9,11-14,18-19H2,(H,30,32,33). The van der Waals surface area contributed by atoms with Gasteiger partial charge in [-0.1, -0.05) is 12.1 Å². The molecular formula is C28H31FN8O. The number of fused-ring (bicyclic) bond motifs is 2. The van der Waals surface area contributed by atoms with Gasteiger partial charge in [-0.3, -0.25) is 14.5 Å². The Morgan fingerprint density at radius 1 is 0.947 bits per heavy atom. The van der Waals surface area contributed by atoms with E-state index in [0.29, 0.717) is 6.54 Å². The summed E-state index contributed by atoms with van der Waals surface area (Å²) in [7, 11) is 0. The Kier molecular flexibility index (Phi) is 7.00. The van der Waals surface area contributed by atoms with Crippen LogP contribution < -0.4 is 5.32 Å². The molecule has 10 heteroatoms. The van der Waals surface area contributed by atoms with Crippen LogP contribution in [0.15, 0.2) is 67.3 Å². The zero-order chi connectivity index (χ0) is 25.9. The van der Waals surface area contributed by atoms with E-state index in [0.717, 1.165) is 79.2 Å². The highest BCUT2D eigenvalue weighted by Crippen LogP contribution is 2.27. The monoisotopic (exact) mass is 514 g/mol. The molecule has 2 N–H and O–H groups in total. The van der Waals surface area contributed by atoms with Crippen LogP contribution in [0.1, 0.15) is 17.5 Å². The maximum atomic E-state index is 13.6. The molecule has 1 fully saturated rings. The molecule has 0 atom stereocenters. The molecule has 1 saturated heterocycles. The van der Waals surface area contributed by atoms with Crippen molar-refractivity contribution < 1.29 is 9.50 Å². The molecule has 5 aromatic rings. The average Bonchev–Trinajstić information content (AvgIpc) is 3.43. The topological polar surface area (TPSA) is 86.8 Å². The number of aliphatic hydroxyl groups is 1. The van der Waals surface area contributed by atoms with Gasteiger partial charge < -0.3 is 10.4 Å². The molecule has 0 bridgehead atoms. The van der Waals surface area contributed by atoms with Crippen LogP contribution in [0.4, 0.5) is 15.9 Å². The second kappa shape index (κ2) is 10.9. The van der Waals surface area contributed by atoms with Crippen LogP contribution in [-0.2, 0) is 13.1 Å². The molecule has 0 saturated carbocycles. The van der Waals surface area contributed by atoms with Crippen molar-refractivity contribution in [2.75, 3.05) is 44.6 Å². The molecule has 2 aromatic carbocycles. The largest absolute Gasteiger partial charge is 0.395 e. The molecule has 0 spiro atoms. The second-order valence-corrected chi connectivity index (χ2v) is 9.77. The Morgan fingerprint density at radius 2 is 1.84 bits per heavy atom. The van der Waals surface area contributed by atoms with Gasteiger partial charge in [-0.15, -0.1) is 0 Å². The summed E-state index contributed by atoms with van der Waals surface area (Å²) in [5, 5.41) is 22.7. The van der Waals surface area contributed by atoms with Gasteiger partial charge in [-0.25, -0.2) is 13.9 Å². The number of halogens is 1. The van der Waals surface area contributed by atoms with Crippen molar-refractivity contribution in [3.05, 3.63) is 84.2 Å². The molecule has 196 valence electrons. The Hall–Kier alpha value is -3.86. The molecule has 1 aliphatic heterocycles. The number of aromatic nitrogens is 5. The van der Waals surface area contributed by atoms with Crippen LogP contribution in [-0.4, -0.2) is 78.6 Å². The fraction of sp³-hybridized carbons (Fsp3) is 0.321. The lowest BCUT2D eigenvalue weighted by Crippen LogP contribution is -2.32. The smallest absolute Gasteiger partial charge is 0.158 e. The number of hydrogen-bond acceptors (Lipinski definition) is 7. The molecular weight excluding hydrogens is 483 g/mol. The SMILES string of the molecule is OCCN1CCCN(Cc2ccn3ncnc(Nc4ccc5c(cnn5Cc5cccc(F)c5)c4)c23)CC1. The maximum Gasteiger partial charge on any atom is 0.158 e. The summed E-state index contributed by atoms with van der Waals surface area (Å²) < 4.78 is 17.4. The molecule has 6 rings (SSSR count). The number of nitrogens with one attached hydrogen (secondary N) is 1. The zero-order valence-electron chi connectivity index (χ0n) is 21.2. The fourth-order valence-corrected chi connectivity index (χ4v) is 5.26. The number of benzene rings is 2. The summed E-state index contributed by atoms with van der Waals surface area (Å²) in [5.41, 5.74) is 4.89. The molecule has 0 aliphatic carbocycles. The molecule has 0 unspecified atom stereocenters. The van der Waals surface area contributed by atoms with E-state index >= 15 is 0 Å². The first-order valence-electron chi connectivity index (χ1n) is 13.0. The highest BCUT2D eigenvalue weighted by Gasteiger charge is 2.18. The summed E-state index contributed by atoms with van der Waals surface area (Å²) >= 11 is 0. The quantitative estimate of drug-likeness (QED) is 0.328. The Balaban J connectivity index is 1.21. The van der Waals surface area contributed by atoms with Crippen LogP contribution in [0.2, 0.25) is 0 Å². The van der Waals surface area contributed by atoms with Crippen molar-refractivity contribution in [2.24, 2.45) is 0 Å². The van der Waals surface area contributed by atoms with E-state index in [1.165, 1.54) is 17.7 Å². The summed E-state index contributed by atoms with van der Waals surface area (Å²) in [4.78, 5) is 9.36. The first-order valence-corrected chi connectivity index (χ1v) is 13.0. The van der Waals surface area contributed by atoms with Gasteiger partial charge in [0.2, 0.25) is 0 Å². The Labute approximate surface area is 220 Å². The van der Waals surface area contributed by atoms with E-state index < -0.39 is 0 Å². The molecule has 0 amide bonds. The predicted octanol–water partition coefficient (Wildman–Crippen LogP) is 3.51. The average molecular weight is 515 g/mol. The second-order valence-electron chi connectivity index (χ2n) is 9.77. The van der Waals surface area contributed by atoms with Crippen molar-refractivity contribution in [1.82, 2.24) is 34.2 Å².